The Labute approximate surface area is 136 Å². The summed E-state index contributed by atoms with van der Waals surface area (Å²) < 4.78 is 5.39. The maximum absolute atomic E-state index is 12.6. The van der Waals surface area contributed by atoms with Gasteiger partial charge in [-0.1, -0.05) is 19.3 Å². The molecule has 0 unspecified atom stereocenters. The first-order valence-corrected chi connectivity index (χ1v) is 8.19. The molecule has 1 aliphatic rings. The van der Waals surface area contributed by atoms with E-state index in [1.807, 2.05) is 19.2 Å². The van der Waals surface area contributed by atoms with Crippen molar-refractivity contribution in [2.24, 2.45) is 0 Å². The maximum atomic E-state index is 12.6. The molecule has 3 rings (SSSR count). The van der Waals surface area contributed by atoms with Gasteiger partial charge >= 0.3 is 0 Å². The van der Waals surface area contributed by atoms with E-state index in [4.69, 9.17) is 4.74 Å². The highest BCUT2D eigenvalue weighted by Gasteiger charge is 2.30. The van der Waals surface area contributed by atoms with Gasteiger partial charge in [-0.25, -0.2) is 0 Å². The van der Waals surface area contributed by atoms with Crippen LogP contribution in [0.5, 0.6) is 5.75 Å². The van der Waals surface area contributed by atoms with Crippen LogP contribution in [0.1, 0.15) is 48.0 Å². The van der Waals surface area contributed by atoms with Crippen LogP contribution in [0.3, 0.4) is 0 Å². The smallest absolute Gasteiger partial charge is 0.251 e. The summed E-state index contributed by atoms with van der Waals surface area (Å²) in [5, 5.41) is 14.4. The molecule has 1 fully saturated rings. The van der Waals surface area contributed by atoms with Gasteiger partial charge < -0.3 is 20.1 Å². The van der Waals surface area contributed by atoms with E-state index < -0.39 is 5.60 Å². The van der Waals surface area contributed by atoms with Crippen LogP contribution in [0, 0.1) is 6.92 Å². The molecule has 124 valence electrons. The predicted molar refractivity (Wildman–Crippen MR) is 90.0 cm³/mol. The number of carbonyl (C=O) groups is 1. The average Bonchev–Trinajstić information content (AvgIpc) is 3.04. The number of carbonyl (C=O) groups excluding carboxylic acids is 1. The molecule has 23 heavy (non-hydrogen) atoms. The van der Waals surface area contributed by atoms with Crippen LogP contribution in [0.2, 0.25) is 0 Å². The highest BCUT2D eigenvalue weighted by atomic mass is 16.5. The number of aromatic nitrogens is 1. The summed E-state index contributed by atoms with van der Waals surface area (Å²) in [7, 11) is 1.59. The number of H-pyrrole nitrogens is 1. The Morgan fingerprint density at radius 1 is 1.39 bits per heavy atom. The summed E-state index contributed by atoms with van der Waals surface area (Å²) in [6.07, 6.45) is 6.56. The number of rotatable bonds is 4. The van der Waals surface area contributed by atoms with Gasteiger partial charge in [-0.05, 0) is 37.5 Å². The van der Waals surface area contributed by atoms with Crippen molar-refractivity contribution >= 4 is 16.8 Å². The van der Waals surface area contributed by atoms with E-state index in [9.17, 15) is 9.90 Å². The van der Waals surface area contributed by atoms with Crippen LogP contribution in [-0.4, -0.2) is 35.3 Å². The normalized spacial score (nSPS) is 17.2. The molecule has 0 spiro atoms. The average molecular weight is 316 g/mol. The highest BCUT2D eigenvalue weighted by Crippen LogP contribution is 2.31. The van der Waals surface area contributed by atoms with Crippen molar-refractivity contribution in [1.29, 1.82) is 0 Å². The molecule has 0 bridgehead atoms. The lowest BCUT2D eigenvalue weighted by Gasteiger charge is -2.32. The second-order valence-electron chi connectivity index (χ2n) is 6.49. The van der Waals surface area contributed by atoms with Crippen LogP contribution in [0.25, 0.3) is 10.9 Å². The quantitative estimate of drug-likeness (QED) is 0.812. The summed E-state index contributed by atoms with van der Waals surface area (Å²) >= 11 is 0. The first-order chi connectivity index (χ1) is 11.0. The zero-order valence-corrected chi connectivity index (χ0v) is 13.7. The largest absolute Gasteiger partial charge is 0.495 e. The van der Waals surface area contributed by atoms with E-state index in [-0.39, 0.29) is 5.91 Å². The van der Waals surface area contributed by atoms with E-state index in [0.29, 0.717) is 17.9 Å². The van der Waals surface area contributed by atoms with Crippen molar-refractivity contribution in [1.82, 2.24) is 10.3 Å². The third-order valence-electron chi connectivity index (χ3n) is 4.90. The standard InChI is InChI=1S/C18H24N2O3/c1-12-13-6-9-19-16(13)15(23-2)10-14(12)17(21)20-11-18(22)7-4-3-5-8-18/h6,9-10,19,22H,3-5,7-8,11H2,1-2H3,(H,20,21). The Morgan fingerprint density at radius 3 is 2.83 bits per heavy atom. The number of amides is 1. The molecular formula is C18H24N2O3. The molecule has 1 aromatic heterocycles. The minimum absolute atomic E-state index is 0.164. The number of aryl methyl sites for hydroxylation is 1. The van der Waals surface area contributed by atoms with Gasteiger partial charge in [0.05, 0.1) is 18.2 Å². The van der Waals surface area contributed by atoms with Gasteiger partial charge in [0.25, 0.3) is 5.91 Å². The van der Waals surface area contributed by atoms with Gasteiger partial charge in [0, 0.05) is 23.7 Å². The fourth-order valence-corrected chi connectivity index (χ4v) is 3.47. The van der Waals surface area contributed by atoms with Gasteiger partial charge in [0.2, 0.25) is 0 Å². The highest BCUT2D eigenvalue weighted by molar-refractivity contribution is 6.02. The van der Waals surface area contributed by atoms with Crippen molar-refractivity contribution in [3.63, 3.8) is 0 Å². The Morgan fingerprint density at radius 2 is 2.13 bits per heavy atom. The molecule has 0 atom stereocenters. The molecule has 0 aliphatic heterocycles. The van der Waals surface area contributed by atoms with E-state index in [2.05, 4.69) is 10.3 Å². The number of fused-ring (bicyclic) bond motifs is 1. The van der Waals surface area contributed by atoms with Gasteiger partial charge in [0.1, 0.15) is 5.75 Å². The lowest BCUT2D eigenvalue weighted by Crippen LogP contribution is -2.44. The first-order valence-electron chi connectivity index (χ1n) is 8.19. The summed E-state index contributed by atoms with van der Waals surface area (Å²) in [5.74, 6) is 0.486. The second-order valence-corrected chi connectivity index (χ2v) is 6.49. The molecule has 3 N–H and O–H groups in total. The second kappa shape index (κ2) is 6.24. The Kier molecular flexibility index (Phi) is 4.31. The van der Waals surface area contributed by atoms with Crippen LogP contribution in [0.4, 0.5) is 0 Å². The molecule has 1 amide bonds. The Bertz CT molecular complexity index is 714. The number of ether oxygens (including phenoxy) is 1. The number of benzene rings is 1. The van der Waals surface area contributed by atoms with E-state index in [1.54, 1.807) is 13.2 Å². The van der Waals surface area contributed by atoms with Crippen molar-refractivity contribution in [2.75, 3.05) is 13.7 Å². The fraction of sp³-hybridized carbons (Fsp3) is 0.500. The molecular weight excluding hydrogens is 292 g/mol. The fourth-order valence-electron chi connectivity index (χ4n) is 3.47. The van der Waals surface area contributed by atoms with Crippen molar-refractivity contribution in [3.05, 3.63) is 29.5 Å². The third kappa shape index (κ3) is 3.06. The predicted octanol–water partition coefficient (Wildman–Crippen LogP) is 2.91. The Balaban J connectivity index is 1.81. The lowest BCUT2D eigenvalue weighted by atomic mass is 9.85. The molecule has 0 saturated heterocycles. The van der Waals surface area contributed by atoms with Crippen LogP contribution in [-0.2, 0) is 0 Å². The van der Waals surface area contributed by atoms with Gasteiger partial charge in [-0.2, -0.15) is 0 Å². The molecule has 1 aliphatic carbocycles. The lowest BCUT2D eigenvalue weighted by molar-refractivity contribution is 0.00525. The minimum Gasteiger partial charge on any atom is -0.495 e. The number of hydrogen-bond acceptors (Lipinski definition) is 3. The first kappa shape index (κ1) is 15.9. The summed E-state index contributed by atoms with van der Waals surface area (Å²) in [6.45, 7) is 2.23. The van der Waals surface area contributed by atoms with E-state index in [1.165, 1.54) is 0 Å². The Hall–Kier alpha value is -2.01. The molecule has 5 nitrogen and oxygen atoms in total. The van der Waals surface area contributed by atoms with Gasteiger partial charge in [-0.15, -0.1) is 0 Å². The molecule has 0 radical (unpaired) electrons. The topological polar surface area (TPSA) is 74.3 Å². The van der Waals surface area contributed by atoms with Gasteiger partial charge in [-0.3, -0.25) is 4.79 Å². The van der Waals surface area contributed by atoms with Crippen LogP contribution in [0.15, 0.2) is 18.3 Å². The zero-order valence-electron chi connectivity index (χ0n) is 13.7. The third-order valence-corrected chi connectivity index (χ3v) is 4.90. The molecule has 2 aromatic rings. The zero-order chi connectivity index (χ0) is 16.4. The van der Waals surface area contributed by atoms with Gasteiger partial charge in [0.15, 0.2) is 0 Å². The molecule has 1 aromatic carbocycles. The summed E-state index contributed by atoms with van der Waals surface area (Å²) in [6, 6.07) is 3.70. The molecule has 1 heterocycles. The number of nitrogens with one attached hydrogen (secondary N) is 2. The summed E-state index contributed by atoms with van der Waals surface area (Å²) in [5.41, 5.74) is 1.64. The number of aromatic amines is 1. The van der Waals surface area contributed by atoms with Crippen LogP contribution < -0.4 is 10.1 Å². The monoisotopic (exact) mass is 316 g/mol. The van der Waals surface area contributed by atoms with E-state index >= 15 is 0 Å². The molecule has 1 saturated carbocycles. The van der Waals surface area contributed by atoms with Crippen molar-refractivity contribution < 1.29 is 14.6 Å². The van der Waals surface area contributed by atoms with Crippen LogP contribution >= 0.6 is 0 Å². The number of hydrogen-bond donors (Lipinski definition) is 3. The maximum Gasteiger partial charge on any atom is 0.251 e. The SMILES string of the molecule is COc1cc(C(=O)NCC2(O)CCCCC2)c(C)c2cc[nH]c12. The number of methoxy groups -OCH3 is 1. The van der Waals surface area contributed by atoms with Crippen molar-refractivity contribution in [3.8, 4) is 5.75 Å². The minimum atomic E-state index is -0.760. The van der Waals surface area contributed by atoms with Crippen molar-refractivity contribution in [2.45, 2.75) is 44.6 Å². The summed E-state index contributed by atoms with van der Waals surface area (Å²) in [4.78, 5) is 15.7. The molecule has 5 heteroatoms. The number of aliphatic hydroxyl groups is 1. The van der Waals surface area contributed by atoms with E-state index in [0.717, 1.165) is 48.6 Å².